The molecule has 1 aliphatic rings. The lowest BCUT2D eigenvalue weighted by molar-refractivity contribution is -0.119. The molecule has 0 fully saturated rings. The van der Waals surface area contributed by atoms with Crippen molar-refractivity contribution in [3.63, 3.8) is 0 Å². The average Bonchev–Trinajstić information content (AvgIpc) is 2.48. The van der Waals surface area contributed by atoms with Gasteiger partial charge in [-0.1, -0.05) is 17.7 Å². The van der Waals surface area contributed by atoms with Crippen molar-refractivity contribution in [2.24, 2.45) is 5.73 Å². The van der Waals surface area contributed by atoms with Gasteiger partial charge in [-0.05, 0) is 50.8 Å². The smallest absolute Gasteiger partial charge is 0.234 e. The fourth-order valence-electron chi connectivity index (χ4n) is 2.40. The number of amides is 1. The lowest BCUT2D eigenvalue weighted by Gasteiger charge is -2.18. The van der Waals surface area contributed by atoms with E-state index >= 15 is 0 Å². The molecule has 18 heavy (non-hydrogen) atoms. The summed E-state index contributed by atoms with van der Waals surface area (Å²) in [6.07, 6.45) is 0.719. The van der Waals surface area contributed by atoms with Crippen LogP contribution in [0.5, 0.6) is 0 Å². The maximum absolute atomic E-state index is 12.0. The van der Waals surface area contributed by atoms with E-state index in [4.69, 9.17) is 17.3 Å². The molecule has 0 aromatic heterocycles. The van der Waals surface area contributed by atoms with Gasteiger partial charge in [0.2, 0.25) is 5.91 Å². The molecule has 3 N–H and O–H groups in total. The van der Waals surface area contributed by atoms with E-state index in [0.717, 1.165) is 28.8 Å². The predicted molar refractivity (Wildman–Crippen MR) is 75.2 cm³/mol. The van der Waals surface area contributed by atoms with Crippen LogP contribution < -0.4 is 11.1 Å². The van der Waals surface area contributed by atoms with Crippen molar-refractivity contribution in [2.45, 2.75) is 45.6 Å². The molecular formula is C14H19ClN2O. The van der Waals surface area contributed by atoms with Crippen LogP contribution in [0.1, 0.15) is 37.5 Å². The molecule has 1 unspecified atom stereocenters. The van der Waals surface area contributed by atoms with Gasteiger partial charge in [-0.15, -0.1) is 0 Å². The van der Waals surface area contributed by atoms with Crippen LogP contribution >= 0.6 is 11.6 Å². The molecule has 2 rings (SSSR count). The topological polar surface area (TPSA) is 55.1 Å². The van der Waals surface area contributed by atoms with Crippen molar-refractivity contribution >= 4 is 23.2 Å². The zero-order chi connectivity index (χ0) is 13.7. The highest BCUT2D eigenvalue weighted by molar-refractivity contribution is 6.33. The Balaban J connectivity index is 2.61. The van der Waals surface area contributed by atoms with E-state index in [0.29, 0.717) is 5.02 Å². The number of nitrogens with two attached hydrogens (primary N) is 1. The monoisotopic (exact) mass is 266 g/mol. The first-order valence-corrected chi connectivity index (χ1v) is 6.52. The summed E-state index contributed by atoms with van der Waals surface area (Å²) in [5, 5.41) is 3.63. The summed E-state index contributed by atoms with van der Waals surface area (Å²) in [7, 11) is 0. The number of hydrogen-bond donors (Lipinski definition) is 2. The molecule has 0 aliphatic carbocycles. The van der Waals surface area contributed by atoms with Gasteiger partial charge < -0.3 is 11.1 Å². The highest BCUT2D eigenvalue weighted by Crippen LogP contribution is 2.43. The van der Waals surface area contributed by atoms with Gasteiger partial charge in [-0.2, -0.15) is 0 Å². The summed E-state index contributed by atoms with van der Waals surface area (Å²) in [6.45, 7) is 7.75. The lowest BCUT2D eigenvalue weighted by Crippen LogP contribution is -2.27. The Kier molecular flexibility index (Phi) is 3.16. The van der Waals surface area contributed by atoms with Crippen LogP contribution in [0.2, 0.25) is 5.02 Å². The van der Waals surface area contributed by atoms with E-state index in [1.165, 1.54) is 0 Å². The van der Waals surface area contributed by atoms with Crippen molar-refractivity contribution in [3.8, 4) is 0 Å². The number of carbonyl (C=O) groups excluding carboxylic acids is 1. The Labute approximate surface area is 113 Å². The average molecular weight is 267 g/mol. The summed E-state index contributed by atoms with van der Waals surface area (Å²) in [5.74, 6) is 0.0228. The fourth-order valence-corrected chi connectivity index (χ4v) is 2.63. The summed E-state index contributed by atoms with van der Waals surface area (Å²) in [6, 6.07) is 2.07. The van der Waals surface area contributed by atoms with Gasteiger partial charge >= 0.3 is 0 Å². The number of carbonyl (C=O) groups is 1. The van der Waals surface area contributed by atoms with E-state index in [1.807, 2.05) is 33.8 Å². The standard InChI is InChI=1S/C14H19ClN2O/c1-7(16)5-9-6-10-12(8(2)11(9)15)17-13(18)14(10,3)4/h6-7H,5,16H2,1-4H3,(H,17,18). The highest BCUT2D eigenvalue weighted by atomic mass is 35.5. The van der Waals surface area contributed by atoms with Crippen molar-refractivity contribution in [1.29, 1.82) is 0 Å². The lowest BCUT2D eigenvalue weighted by atomic mass is 9.84. The summed E-state index contributed by atoms with van der Waals surface area (Å²) in [4.78, 5) is 12.0. The maximum atomic E-state index is 12.0. The SMILES string of the molecule is Cc1c(Cl)c(CC(C)N)cc2c1NC(=O)C2(C)C. The summed E-state index contributed by atoms with van der Waals surface area (Å²) >= 11 is 6.35. The third kappa shape index (κ3) is 1.91. The van der Waals surface area contributed by atoms with Crippen LogP contribution in [-0.4, -0.2) is 11.9 Å². The highest BCUT2D eigenvalue weighted by Gasteiger charge is 2.40. The van der Waals surface area contributed by atoms with Crippen LogP contribution in [0, 0.1) is 6.92 Å². The molecule has 1 aromatic rings. The van der Waals surface area contributed by atoms with E-state index in [2.05, 4.69) is 5.32 Å². The molecule has 0 saturated heterocycles. The van der Waals surface area contributed by atoms with Crippen LogP contribution in [0.3, 0.4) is 0 Å². The van der Waals surface area contributed by atoms with Gasteiger partial charge in [0.05, 0.1) is 5.41 Å². The van der Waals surface area contributed by atoms with Crippen molar-refractivity contribution in [3.05, 3.63) is 27.8 Å². The van der Waals surface area contributed by atoms with Gasteiger partial charge in [0, 0.05) is 16.8 Å². The first-order valence-electron chi connectivity index (χ1n) is 6.14. The molecule has 3 nitrogen and oxygen atoms in total. The predicted octanol–water partition coefficient (Wildman–Crippen LogP) is 2.77. The third-order valence-electron chi connectivity index (χ3n) is 3.60. The second kappa shape index (κ2) is 4.25. The molecule has 0 radical (unpaired) electrons. The molecule has 1 heterocycles. The van der Waals surface area contributed by atoms with Gasteiger partial charge in [0.25, 0.3) is 0 Å². The molecule has 1 amide bonds. The van der Waals surface area contributed by atoms with Crippen LogP contribution in [0.15, 0.2) is 6.07 Å². The Morgan fingerprint density at radius 2 is 2.11 bits per heavy atom. The molecular weight excluding hydrogens is 248 g/mol. The number of benzene rings is 1. The van der Waals surface area contributed by atoms with E-state index in [-0.39, 0.29) is 11.9 Å². The van der Waals surface area contributed by atoms with Crippen molar-refractivity contribution < 1.29 is 4.79 Å². The summed E-state index contributed by atoms with van der Waals surface area (Å²) < 4.78 is 0. The van der Waals surface area contributed by atoms with E-state index < -0.39 is 5.41 Å². The van der Waals surface area contributed by atoms with Crippen molar-refractivity contribution in [2.75, 3.05) is 5.32 Å². The van der Waals surface area contributed by atoms with Gasteiger partial charge in [-0.3, -0.25) is 4.79 Å². The number of rotatable bonds is 2. The number of halogens is 1. The molecule has 0 spiro atoms. The van der Waals surface area contributed by atoms with Crippen molar-refractivity contribution in [1.82, 2.24) is 0 Å². The Morgan fingerprint density at radius 3 is 2.67 bits per heavy atom. The normalized spacial score (nSPS) is 18.4. The number of fused-ring (bicyclic) bond motifs is 1. The Bertz CT molecular complexity index is 521. The number of hydrogen-bond acceptors (Lipinski definition) is 2. The first kappa shape index (κ1) is 13.4. The number of nitrogens with one attached hydrogen (secondary N) is 1. The van der Waals surface area contributed by atoms with Gasteiger partial charge in [-0.25, -0.2) is 0 Å². The molecule has 1 aromatic carbocycles. The van der Waals surface area contributed by atoms with Gasteiger partial charge in [0.1, 0.15) is 0 Å². The quantitative estimate of drug-likeness (QED) is 0.865. The van der Waals surface area contributed by atoms with E-state index in [1.54, 1.807) is 0 Å². The second-order valence-corrected chi connectivity index (χ2v) is 6.04. The Morgan fingerprint density at radius 1 is 1.50 bits per heavy atom. The zero-order valence-electron chi connectivity index (χ0n) is 11.2. The molecule has 98 valence electrons. The number of anilines is 1. The summed E-state index contributed by atoms with van der Waals surface area (Å²) in [5.41, 5.74) is 9.18. The molecule has 1 atom stereocenters. The molecule has 4 heteroatoms. The maximum Gasteiger partial charge on any atom is 0.234 e. The van der Waals surface area contributed by atoms with E-state index in [9.17, 15) is 4.79 Å². The largest absolute Gasteiger partial charge is 0.328 e. The minimum absolute atomic E-state index is 0.0228. The Hall–Kier alpha value is -1.06. The molecule has 1 aliphatic heterocycles. The fraction of sp³-hybridized carbons (Fsp3) is 0.500. The zero-order valence-corrected chi connectivity index (χ0v) is 12.0. The van der Waals surface area contributed by atoms with Crippen LogP contribution in [0.4, 0.5) is 5.69 Å². The molecule has 0 bridgehead atoms. The minimum Gasteiger partial charge on any atom is -0.328 e. The third-order valence-corrected chi connectivity index (χ3v) is 4.12. The molecule has 0 saturated carbocycles. The second-order valence-electron chi connectivity index (χ2n) is 5.66. The van der Waals surface area contributed by atoms with Crippen LogP contribution in [0.25, 0.3) is 0 Å². The minimum atomic E-state index is -0.503. The van der Waals surface area contributed by atoms with Gasteiger partial charge in [0.15, 0.2) is 0 Å². The van der Waals surface area contributed by atoms with Crippen LogP contribution in [-0.2, 0) is 16.6 Å². The first-order chi connectivity index (χ1) is 8.25.